The van der Waals surface area contributed by atoms with Gasteiger partial charge in [0.1, 0.15) is 0 Å². The quantitative estimate of drug-likeness (QED) is 0.164. The van der Waals surface area contributed by atoms with Crippen LogP contribution >= 0.6 is 0 Å². The van der Waals surface area contributed by atoms with Crippen LogP contribution in [0.5, 0.6) is 0 Å². The molecular weight excluding hydrogens is 344 g/mol. The molecule has 0 rings (SSSR count). The van der Waals surface area contributed by atoms with Crippen LogP contribution in [0.15, 0.2) is 0 Å². The summed E-state index contributed by atoms with van der Waals surface area (Å²) < 4.78 is 0. The van der Waals surface area contributed by atoms with Crippen LogP contribution in [0, 0.1) is 0 Å². The van der Waals surface area contributed by atoms with Crippen LogP contribution in [0.2, 0.25) is 0 Å². The molecule has 170 valence electrons. The van der Waals surface area contributed by atoms with E-state index in [1.165, 1.54) is 109 Å². The van der Waals surface area contributed by atoms with Crippen molar-refractivity contribution < 1.29 is 0 Å². The first-order valence-electron chi connectivity index (χ1n) is 12.7. The van der Waals surface area contributed by atoms with E-state index in [-0.39, 0.29) is 0 Å². The van der Waals surface area contributed by atoms with Gasteiger partial charge in [-0.25, -0.2) is 0 Å². The Morgan fingerprint density at radius 2 is 0.714 bits per heavy atom. The topological polar surface area (TPSA) is 62.1 Å². The fourth-order valence-corrected chi connectivity index (χ4v) is 3.63. The average molecular weight is 399 g/mol. The Hall–Kier alpha value is -0.160. The second-order valence-electron chi connectivity index (χ2n) is 8.34. The molecule has 0 spiro atoms. The normalized spacial score (nSPS) is 11.4. The molecule has 0 unspecified atom stereocenters. The smallest absolute Gasteiger partial charge is 0.00772 e. The molecule has 0 aliphatic heterocycles. The Labute approximate surface area is 177 Å². The van der Waals surface area contributed by atoms with E-state index in [9.17, 15) is 0 Å². The molecule has 4 nitrogen and oxygen atoms in total. The maximum Gasteiger partial charge on any atom is 0.00772 e. The number of nitrogens with two attached hydrogens (primary N) is 1. The van der Waals surface area contributed by atoms with Crippen LogP contribution in [0.4, 0.5) is 0 Å². The van der Waals surface area contributed by atoms with E-state index in [0.29, 0.717) is 0 Å². The van der Waals surface area contributed by atoms with Crippen molar-refractivity contribution in [2.75, 3.05) is 45.8 Å². The van der Waals surface area contributed by atoms with Crippen molar-refractivity contribution in [3.05, 3.63) is 0 Å². The minimum absolute atomic E-state index is 0.723. The standard InChI is InChI=1S/C24H54N4/c1-2-3-4-5-6-7-8-9-10-11-12-13-14-15-16-17-19-26-21-23-28-24-22-27-20-18-25/h26-28H,2-25H2,1H3. The lowest BCUT2D eigenvalue weighted by atomic mass is 10.0. The number of unbranched alkanes of at least 4 members (excludes halogenated alkanes) is 15. The fourth-order valence-electron chi connectivity index (χ4n) is 3.63. The molecule has 0 aliphatic carbocycles. The molecule has 0 fully saturated rings. The molecule has 0 bridgehead atoms. The maximum atomic E-state index is 5.43. The van der Waals surface area contributed by atoms with Crippen LogP contribution in [0.25, 0.3) is 0 Å². The third-order valence-electron chi connectivity index (χ3n) is 5.49. The van der Waals surface area contributed by atoms with Crippen LogP contribution in [-0.2, 0) is 0 Å². The van der Waals surface area contributed by atoms with E-state index in [0.717, 1.165) is 39.3 Å². The minimum Gasteiger partial charge on any atom is -0.329 e. The van der Waals surface area contributed by atoms with Gasteiger partial charge in [0.15, 0.2) is 0 Å². The predicted octanol–water partition coefficient (Wildman–Crippen LogP) is 4.98. The Morgan fingerprint density at radius 3 is 1.11 bits per heavy atom. The van der Waals surface area contributed by atoms with Gasteiger partial charge in [0.05, 0.1) is 0 Å². The molecule has 0 aromatic carbocycles. The van der Waals surface area contributed by atoms with Crippen molar-refractivity contribution in [3.8, 4) is 0 Å². The van der Waals surface area contributed by atoms with E-state index in [1.54, 1.807) is 0 Å². The SMILES string of the molecule is CCCCCCCCCCCCCCCCCCNCCNCCNCCN. The summed E-state index contributed by atoms with van der Waals surface area (Å²) in [5, 5.41) is 10.3. The molecule has 0 heterocycles. The molecule has 28 heavy (non-hydrogen) atoms. The van der Waals surface area contributed by atoms with Crippen molar-refractivity contribution in [2.24, 2.45) is 5.73 Å². The Bertz CT molecular complexity index is 235. The molecule has 4 heteroatoms. The molecule has 0 amide bonds. The second kappa shape index (κ2) is 26.8. The molecular formula is C24H54N4. The summed E-state index contributed by atoms with van der Waals surface area (Å²) in [7, 11) is 0. The molecule has 0 atom stereocenters. The van der Waals surface area contributed by atoms with E-state index >= 15 is 0 Å². The molecule has 0 aromatic rings. The minimum atomic E-state index is 0.723. The van der Waals surface area contributed by atoms with Gasteiger partial charge in [-0.1, -0.05) is 103 Å². The molecule has 5 N–H and O–H groups in total. The fraction of sp³-hybridized carbons (Fsp3) is 1.00. The van der Waals surface area contributed by atoms with Gasteiger partial charge in [0, 0.05) is 39.3 Å². The third kappa shape index (κ3) is 25.8. The lowest BCUT2D eigenvalue weighted by Crippen LogP contribution is -2.34. The summed E-state index contributed by atoms with van der Waals surface area (Å²) in [5.74, 6) is 0. The lowest BCUT2D eigenvalue weighted by Gasteiger charge is -2.07. The monoisotopic (exact) mass is 398 g/mol. The number of hydrogen-bond donors (Lipinski definition) is 4. The van der Waals surface area contributed by atoms with E-state index < -0.39 is 0 Å². The molecule has 0 radical (unpaired) electrons. The number of nitrogens with one attached hydrogen (secondary N) is 3. The zero-order chi connectivity index (χ0) is 20.4. The zero-order valence-electron chi connectivity index (χ0n) is 19.3. The number of hydrogen-bond acceptors (Lipinski definition) is 4. The summed E-state index contributed by atoms with van der Waals surface area (Å²) in [5.41, 5.74) is 5.43. The lowest BCUT2D eigenvalue weighted by molar-refractivity contribution is 0.523. The summed E-state index contributed by atoms with van der Waals surface area (Å²) in [6, 6.07) is 0. The van der Waals surface area contributed by atoms with Crippen molar-refractivity contribution in [1.29, 1.82) is 0 Å². The van der Waals surface area contributed by atoms with E-state index in [1.807, 2.05) is 0 Å². The maximum absolute atomic E-state index is 5.43. The summed E-state index contributed by atoms with van der Waals surface area (Å²) in [6.07, 6.45) is 23.0. The molecule has 0 aliphatic rings. The Balaban J connectivity index is 2.96. The average Bonchev–Trinajstić information content (AvgIpc) is 2.71. The Kier molecular flexibility index (Phi) is 26.7. The zero-order valence-corrected chi connectivity index (χ0v) is 19.3. The predicted molar refractivity (Wildman–Crippen MR) is 127 cm³/mol. The second-order valence-corrected chi connectivity index (χ2v) is 8.34. The van der Waals surface area contributed by atoms with Crippen LogP contribution in [0.1, 0.15) is 110 Å². The van der Waals surface area contributed by atoms with Crippen LogP contribution < -0.4 is 21.7 Å². The first kappa shape index (κ1) is 27.8. The highest BCUT2D eigenvalue weighted by Gasteiger charge is 1.95. The van der Waals surface area contributed by atoms with Gasteiger partial charge in [-0.2, -0.15) is 0 Å². The van der Waals surface area contributed by atoms with Crippen molar-refractivity contribution >= 4 is 0 Å². The van der Waals surface area contributed by atoms with Crippen molar-refractivity contribution in [2.45, 2.75) is 110 Å². The largest absolute Gasteiger partial charge is 0.329 e. The van der Waals surface area contributed by atoms with E-state index in [2.05, 4.69) is 22.9 Å². The van der Waals surface area contributed by atoms with E-state index in [4.69, 9.17) is 5.73 Å². The highest BCUT2D eigenvalue weighted by Crippen LogP contribution is 2.13. The highest BCUT2D eigenvalue weighted by atomic mass is 15.0. The van der Waals surface area contributed by atoms with Crippen LogP contribution in [0.3, 0.4) is 0 Å². The Morgan fingerprint density at radius 1 is 0.393 bits per heavy atom. The first-order chi connectivity index (χ1) is 13.9. The van der Waals surface area contributed by atoms with Gasteiger partial charge >= 0.3 is 0 Å². The molecule has 0 aromatic heterocycles. The van der Waals surface area contributed by atoms with Gasteiger partial charge in [-0.15, -0.1) is 0 Å². The van der Waals surface area contributed by atoms with Gasteiger partial charge in [0.2, 0.25) is 0 Å². The summed E-state index contributed by atoms with van der Waals surface area (Å²) in [6.45, 7) is 9.28. The van der Waals surface area contributed by atoms with Gasteiger partial charge in [0.25, 0.3) is 0 Å². The summed E-state index contributed by atoms with van der Waals surface area (Å²) in [4.78, 5) is 0. The van der Waals surface area contributed by atoms with Gasteiger partial charge in [-0.3, -0.25) is 0 Å². The first-order valence-corrected chi connectivity index (χ1v) is 12.7. The van der Waals surface area contributed by atoms with Gasteiger partial charge < -0.3 is 21.7 Å². The van der Waals surface area contributed by atoms with Gasteiger partial charge in [-0.05, 0) is 13.0 Å². The van der Waals surface area contributed by atoms with Crippen molar-refractivity contribution in [3.63, 3.8) is 0 Å². The van der Waals surface area contributed by atoms with Crippen molar-refractivity contribution in [1.82, 2.24) is 16.0 Å². The molecule has 0 saturated carbocycles. The molecule has 0 saturated heterocycles. The third-order valence-corrected chi connectivity index (χ3v) is 5.49. The number of rotatable bonds is 25. The summed E-state index contributed by atoms with van der Waals surface area (Å²) >= 11 is 0. The highest BCUT2D eigenvalue weighted by molar-refractivity contribution is 4.56. The van der Waals surface area contributed by atoms with Crippen LogP contribution in [-0.4, -0.2) is 45.8 Å².